The van der Waals surface area contributed by atoms with Gasteiger partial charge in [-0.25, -0.2) is 4.98 Å². The highest BCUT2D eigenvalue weighted by Gasteiger charge is 2.30. The number of aliphatic hydroxyl groups is 1. The van der Waals surface area contributed by atoms with Gasteiger partial charge in [0.25, 0.3) is 5.56 Å². The number of hydrogen-bond acceptors (Lipinski definition) is 4. The molecule has 5 aromatic rings. The minimum atomic E-state index is -4.47. The Kier molecular flexibility index (Phi) is 5.03. The largest absolute Gasteiger partial charge is 0.416 e. The van der Waals surface area contributed by atoms with Gasteiger partial charge in [0, 0.05) is 11.5 Å². The molecule has 0 bridgehead atoms. The average Bonchev–Trinajstić information content (AvgIpc) is 3.41. The van der Waals surface area contributed by atoms with Crippen molar-refractivity contribution >= 4 is 22.1 Å². The van der Waals surface area contributed by atoms with E-state index in [1.165, 1.54) is 22.8 Å². The van der Waals surface area contributed by atoms with E-state index in [1.807, 2.05) is 24.3 Å². The molecule has 0 radical (unpaired) electrons. The molecular formula is C23H18F3N5O2. The molecule has 2 aromatic carbocycles. The van der Waals surface area contributed by atoms with Crippen molar-refractivity contribution < 1.29 is 18.3 Å². The fourth-order valence-corrected chi connectivity index (χ4v) is 3.73. The highest BCUT2D eigenvalue weighted by atomic mass is 19.4. The molecule has 0 aliphatic carbocycles. The minimum Gasteiger partial charge on any atom is -0.373 e. The van der Waals surface area contributed by atoms with Crippen LogP contribution in [0.2, 0.25) is 0 Å². The van der Waals surface area contributed by atoms with Crippen LogP contribution >= 0.6 is 0 Å². The number of rotatable bonds is 5. The quantitative estimate of drug-likeness (QED) is 0.303. The van der Waals surface area contributed by atoms with Gasteiger partial charge in [-0.1, -0.05) is 12.1 Å². The predicted molar refractivity (Wildman–Crippen MR) is 117 cm³/mol. The number of H-pyrrole nitrogens is 2. The summed E-state index contributed by atoms with van der Waals surface area (Å²) in [6.07, 6.45) is -5.56. The summed E-state index contributed by atoms with van der Waals surface area (Å²) in [6.45, 7) is 0.261. The highest BCUT2D eigenvalue weighted by molar-refractivity contribution is 5.79. The number of pyridine rings is 1. The smallest absolute Gasteiger partial charge is 0.373 e. The van der Waals surface area contributed by atoms with Gasteiger partial charge >= 0.3 is 6.18 Å². The van der Waals surface area contributed by atoms with E-state index < -0.39 is 23.5 Å². The Labute approximate surface area is 184 Å². The molecule has 0 aliphatic heterocycles. The molecule has 0 amide bonds. The van der Waals surface area contributed by atoms with Gasteiger partial charge in [0.05, 0.1) is 34.5 Å². The first-order valence-electron chi connectivity index (χ1n) is 10.1. The maximum atomic E-state index is 12.9. The second-order valence-electron chi connectivity index (χ2n) is 7.56. The third-order valence-electron chi connectivity index (χ3n) is 5.35. The molecule has 3 aromatic heterocycles. The molecule has 1 atom stereocenters. The van der Waals surface area contributed by atoms with Crippen molar-refractivity contribution in [3.05, 3.63) is 94.2 Å². The molecule has 0 spiro atoms. The molecule has 3 heterocycles. The van der Waals surface area contributed by atoms with Crippen molar-refractivity contribution in [3.63, 3.8) is 0 Å². The van der Waals surface area contributed by atoms with Crippen LogP contribution < -0.4 is 10.9 Å². The molecule has 0 aliphatic rings. The third kappa shape index (κ3) is 4.01. The summed E-state index contributed by atoms with van der Waals surface area (Å²) in [4.78, 5) is 23.1. The highest BCUT2D eigenvalue weighted by Crippen LogP contribution is 2.30. The fourth-order valence-electron chi connectivity index (χ4n) is 3.73. The predicted octanol–water partition coefficient (Wildman–Crippen LogP) is 3.99. The van der Waals surface area contributed by atoms with E-state index in [2.05, 4.69) is 20.3 Å². The molecule has 7 nitrogen and oxygen atoms in total. The van der Waals surface area contributed by atoms with E-state index in [0.29, 0.717) is 22.6 Å². The Morgan fingerprint density at radius 1 is 1.03 bits per heavy atom. The molecular weight excluding hydrogens is 435 g/mol. The van der Waals surface area contributed by atoms with Crippen LogP contribution in [0.3, 0.4) is 0 Å². The standard InChI is InChI=1S/C23H18F3N5O2/c24-23(25,26)14-6-8-15(9-7-14)31-20(32)10-5-13-11-18(30-21(13)31)22(33)27-12-19-28-16-3-1-2-4-17(16)29-19/h1-11,22,27,30,33H,12H2,(H,28,29). The lowest BCUT2D eigenvalue weighted by molar-refractivity contribution is -0.137. The first-order chi connectivity index (χ1) is 15.8. The number of alkyl halides is 3. The van der Waals surface area contributed by atoms with Crippen molar-refractivity contribution in [2.45, 2.75) is 18.9 Å². The molecule has 0 saturated carbocycles. The number of aromatic nitrogens is 4. The van der Waals surface area contributed by atoms with E-state index in [1.54, 1.807) is 12.1 Å². The number of nitrogens with one attached hydrogen (secondary N) is 3. The summed E-state index contributed by atoms with van der Waals surface area (Å²) in [5.74, 6) is 0.646. The minimum absolute atomic E-state index is 0.261. The molecule has 1 unspecified atom stereocenters. The topological polar surface area (TPSA) is 98.7 Å². The SMILES string of the molecule is O=c1ccc2cc(C(O)NCc3nc4ccccc4[nH]3)[nH]c2n1-c1ccc(C(F)(F)F)cc1. The van der Waals surface area contributed by atoms with Gasteiger partial charge < -0.3 is 15.1 Å². The van der Waals surface area contributed by atoms with E-state index in [9.17, 15) is 23.1 Å². The molecule has 0 saturated heterocycles. The van der Waals surface area contributed by atoms with Crippen LogP contribution in [0.25, 0.3) is 27.8 Å². The zero-order chi connectivity index (χ0) is 23.2. The number of imidazole rings is 1. The fraction of sp³-hybridized carbons (Fsp3) is 0.130. The summed E-state index contributed by atoms with van der Waals surface area (Å²) < 4.78 is 39.9. The Morgan fingerprint density at radius 3 is 2.52 bits per heavy atom. The number of benzene rings is 2. The maximum Gasteiger partial charge on any atom is 0.416 e. The van der Waals surface area contributed by atoms with Crippen molar-refractivity contribution in [2.24, 2.45) is 0 Å². The molecule has 10 heteroatoms. The summed E-state index contributed by atoms with van der Waals surface area (Å²) in [6, 6.07) is 16.5. The van der Waals surface area contributed by atoms with E-state index in [0.717, 1.165) is 23.2 Å². The van der Waals surface area contributed by atoms with Gasteiger partial charge in [-0.3, -0.25) is 14.7 Å². The van der Waals surface area contributed by atoms with Crippen LogP contribution in [0.15, 0.2) is 71.5 Å². The number of aliphatic hydroxyl groups excluding tert-OH is 1. The van der Waals surface area contributed by atoms with Gasteiger partial charge in [0.2, 0.25) is 0 Å². The normalized spacial score (nSPS) is 13.1. The monoisotopic (exact) mass is 453 g/mol. The van der Waals surface area contributed by atoms with Crippen LogP contribution in [0.4, 0.5) is 13.2 Å². The third-order valence-corrected chi connectivity index (χ3v) is 5.35. The molecule has 4 N–H and O–H groups in total. The zero-order valence-electron chi connectivity index (χ0n) is 17.0. The molecule has 5 rings (SSSR count). The average molecular weight is 453 g/mol. The second kappa shape index (κ2) is 7.91. The van der Waals surface area contributed by atoms with E-state index in [-0.39, 0.29) is 12.2 Å². The summed E-state index contributed by atoms with van der Waals surface area (Å²) in [5.41, 5.74) is 1.51. The number of nitrogens with zero attached hydrogens (tertiary/aromatic N) is 2. The Morgan fingerprint density at radius 2 is 1.79 bits per heavy atom. The second-order valence-corrected chi connectivity index (χ2v) is 7.56. The first kappa shape index (κ1) is 21.0. The number of halogens is 3. The van der Waals surface area contributed by atoms with Crippen LogP contribution in [0, 0.1) is 0 Å². The Balaban J connectivity index is 1.42. The number of fused-ring (bicyclic) bond motifs is 2. The lowest BCUT2D eigenvalue weighted by atomic mass is 10.2. The summed E-state index contributed by atoms with van der Waals surface area (Å²) in [7, 11) is 0. The molecule has 168 valence electrons. The van der Waals surface area contributed by atoms with Crippen molar-refractivity contribution in [1.29, 1.82) is 0 Å². The number of hydrogen-bond donors (Lipinski definition) is 4. The lowest BCUT2D eigenvalue weighted by Crippen LogP contribution is -2.21. The molecule has 33 heavy (non-hydrogen) atoms. The van der Waals surface area contributed by atoms with E-state index >= 15 is 0 Å². The summed E-state index contributed by atoms with van der Waals surface area (Å²) >= 11 is 0. The zero-order valence-corrected chi connectivity index (χ0v) is 17.0. The van der Waals surface area contributed by atoms with Crippen LogP contribution in [-0.4, -0.2) is 24.6 Å². The van der Waals surface area contributed by atoms with E-state index in [4.69, 9.17) is 0 Å². The van der Waals surface area contributed by atoms with Gasteiger partial charge in [0.15, 0.2) is 0 Å². The first-order valence-corrected chi connectivity index (χ1v) is 10.1. The number of para-hydroxylation sites is 2. The number of aromatic amines is 2. The van der Waals surface area contributed by atoms with Gasteiger partial charge in [-0.2, -0.15) is 13.2 Å². The van der Waals surface area contributed by atoms with Crippen LogP contribution in [-0.2, 0) is 12.7 Å². The molecule has 0 fully saturated rings. The van der Waals surface area contributed by atoms with Crippen molar-refractivity contribution in [2.75, 3.05) is 0 Å². The van der Waals surface area contributed by atoms with Crippen LogP contribution in [0.1, 0.15) is 23.3 Å². The Bertz CT molecular complexity index is 1470. The maximum absolute atomic E-state index is 12.9. The lowest BCUT2D eigenvalue weighted by Gasteiger charge is -2.11. The van der Waals surface area contributed by atoms with Gasteiger partial charge in [-0.05, 0) is 48.5 Å². The van der Waals surface area contributed by atoms with Crippen molar-refractivity contribution in [1.82, 2.24) is 24.8 Å². The van der Waals surface area contributed by atoms with Crippen LogP contribution in [0.5, 0.6) is 0 Å². The van der Waals surface area contributed by atoms with Gasteiger partial charge in [0.1, 0.15) is 17.7 Å². The van der Waals surface area contributed by atoms with Crippen molar-refractivity contribution in [3.8, 4) is 5.69 Å². The summed E-state index contributed by atoms with van der Waals surface area (Å²) in [5, 5.41) is 14.2. The van der Waals surface area contributed by atoms with Gasteiger partial charge in [-0.15, -0.1) is 0 Å². The Hall–Kier alpha value is -3.89.